The number of piperazine rings is 1. The minimum atomic E-state index is 0.0612. The summed E-state index contributed by atoms with van der Waals surface area (Å²) < 4.78 is 16.1. The molecule has 0 atom stereocenters. The molecule has 2 aromatic carbocycles. The molecule has 0 saturated carbocycles. The van der Waals surface area contributed by atoms with Gasteiger partial charge in [-0.2, -0.15) is 0 Å². The molecule has 1 saturated heterocycles. The number of ether oxygens (including phenoxy) is 3. The lowest BCUT2D eigenvalue weighted by molar-refractivity contribution is -1.02. The molecule has 1 aliphatic rings. The third-order valence-corrected chi connectivity index (χ3v) is 5.99. The molecule has 7 heteroatoms. The summed E-state index contributed by atoms with van der Waals surface area (Å²) in [7, 11) is 4.75. The van der Waals surface area contributed by atoms with Crippen LogP contribution in [0.1, 0.15) is 16.7 Å². The van der Waals surface area contributed by atoms with Gasteiger partial charge in [-0.05, 0) is 30.2 Å². The highest BCUT2D eigenvalue weighted by Gasteiger charge is 2.25. The number of quaternary nitrogens is 2. The fourth-order valence-electron chi connectivity index (χ4n) is 4.12. The van der Waals surface area contributed by atoms with Gasteiger partial charge in [0.15, 0.2) is 18.0 Å². The van der Waals surface area contributed by atoms with Gasteiger partial charge in [-0.3, -0.25) is 4.79 Å². The van der Waals surface area contributed by atoms with Crippen molar-refractivity contribution in [1.29, 1.82) is 0 Å². The summed E-state index contributed by atoms with van der Waals surface area (Å²) in [6.45, 7) is 8.36. The van der Waals surface area contributed by atoms with Crippen LogP contribution in [0.5, 0.6) is 17.2 Å². The van der Waals surface area contributed by atoms with E-state index < -0.39 is 0 Å². The summed E-state index contributed by atoms with van der Waals surface area (Å²) in [6, 6.07) is 12.3. The molecule has 2 aromatic rings. The summed E-state index contributed by atoms with van der Waals surface area (Å²) in [5.74, 6) is 1.79. The second-order valence-electron chi connectivity index (χ2n) is 8.09. The molecule has 1 heterocycles. The zero-order valence-corrected chi connectivity index (χ0v) is 19.0. The van der Waals surface area contributed by atoms with Crippen molar-refractivity contribution >= 4 is 5.91 Å². The number of nitrogens with one attached hydrogen (secondary N) is 3. The summed E-state index contributed by atoms with van der Waals surface area (Å²) in [5, 5.41) is 3.03. The van der Waals surface area contributed by atoms with E-state index in [0.717, 1.165) is 38.3 Å². The Morgan fingerprint density at radius 3 is 2.13 bits per heavy atom. The van der Waals surface area contributed by atoms with E-state index in [0.29, 0.717) is 30.3 Å². The number of carbonyl (C=O) groups excluding carboxylic acids is 1. The average molecular weight is 430 g/mol. The predicted molar refractivity (Wildman–Crippen MR) is 119 cm³/mol. The van der Waals surface area contributed by atoms with Crippen LogP contribution in [-0.4, -0.2) is 60.0 Å². The first kappa shape index (κ1) is 22.9. The van der Waals surface area contributed by atoms with Crippen molar-refractivity contribution in [3.8, 4) is 17.2 Å². The number of carbonyl (C=O) groups is 1. The van der Waals surface area contributed by atoms with Crippen molar-refractivity contribution in [2.45, 2.75) is 20.0 Å². The van der Waals surface area contributed by atoms with E-state index >= 15 is 0 Å². The Bertz CT molecular complexity index is 854. The van der Waals surface area contributed by atoms with Gasteiger partial charge in [0.05, 0.1) is 21.3 Å². The SMILES string of the molecule is COc1cc(CNC(=O)C[NH+]2CC[NH+](Cc3ccccc3C)CC2)cc(OC)c1OC. The summed E-state index contributed by atoms with van der Waals surface area (Å²) in [5.41, 5.74) is 3.69. The largest absolute Gasteiger partial charge is 0.493 e. The number of amides is 1. The summed E-state index contributed by atoms with van der Waals surface area (Å²) in [6.07, 6.45) is 0. The molecule has 3 rings (SSSR count). The first-order valence-electron chi connectivity index (χ1n) is 10.8. The molecule has 0 aliphatic carbocycles. The molecule has 31 heavy (non-hydrogen) atoms. The highest BCUT2D eigenvalue weighted by atomic mass is 16.5. The van der Waals surface area contributed by atoms with Gasteiger partial charge >= 0.3 is 0 Å². The van der Waals surface area contributed by atoms with Crippen LogP contribution in [0.15, 0.2) is 36.4 Å². The summed E-state index contributed by atoms with van der Waals surface area (Å²) in [4.78, 5) is 15.4. The topological polar surface area (TPSA) is 65.7 Å². The second kappa shape index (κ2) is 11.0. The molecular formula is C24H35N3O4+2. The van der Waals surface area contributed by atoms with Gasteiger partial charge in [0, 0.05) is 12.1 Å². The van der Waals surface area contributed by atoms with Crippen molar-refractivity contribution in [2.24, 2.45) is 0 Å². The van der Waals surface area contributed by atoms with Crippen LogP contribution in [-0.2, 0) is 17.9 Å². The second-order valence-corrected chi connectivity index (χ2v) is 8.09. The number of methoxy groups -OCH3 is 3. The normalized spacial score (nSPS) is 18.3. The van der Waals surface area contributed by atoms with Gasteiger partial charge in [-0.25, -0.2) is 0 Å². The molecule has 0 unspecified atom stereocenters. The van der Waals surface area contributed by atoms with E-state index in [9.17, 15) is 4.79 Å². The van der Waals surface area contributed by atoms with Gasteiger partial charge in [0.1, 0.15) is 32.7 Å². The molecule has 0 aromatic heterocycles. The van der Waals surface area contributed by atoms with E-state index in [1.54, 1.807) is 26.2 Å². The number of benzene rings is 2. The number of aryl methyl sites for hydroxylation is 1. The first-order valence-corrected chi connectivity index (χ1v) is 10.8. The molecule has 3 N–H and O–H groups in total. The number of rotatable bonds is 9. The van der Waals surface area contributed by atoms with Gasteiger partial charge < -0.3 is 29.3 Å². The highest BCUT2D eigenvalue weighted by molar-refractivity contribution is 5.76. The Kier molecular flexibility index (Phi) is 8.14. The zero-order valence-electron chi connectivity index (χ0n) is 19.0. The fraction of sp³-hybridized carbons (Fsp3) is 0.458. The van der Waals surface area contributed by atoms with Gasteiger partial charge in [-0.1, -0.05) is 24.3 Å². The van der Waals surface area contributed by atoms with Crippen molar-refractivity contribution in [1.82, 2.24) is 5.32 Å². The monoisotopic (exact) mass is 429 g/mol. The Morgan fingerprint density at radius 2 is 1.55 bits per heavy atom. The molecule has 0 bridgehead atoms. The molecule has 1 aliphatic heterocycles. The summed E-state index contributed by atoms with van der Waals surface area (Å²) >= 11 is 0. The van der Waals surface area contributed by atoms with E-state index in [2.05, 4.69) is 36.5 Å². The fourth-order valence-corrected chi connectivity index (χ4v) is 4.12. The van der Waals surface area contributed by atoms with E-state index in [-0.39, 0.29) is 5.91 Å². The maximum atomic E-state index is 12.5. The molecule has 0 spiro atoms. The van der Waals surface area contributed by atoms with Crippen molar-refractivity contribution in [2.75, 3.05) is 54.1 Å². The van der Waals surface area contributed by atoms with Gasteiger partial charge in [-0.15, -0.1) is 0 Å². The lowest BCUT2D eigenvalue weighted by atomic mass is 10.1. The van der Waals surface area contributed by atoms with Crippen LogP contribution >= 0.6 is 0 Å². The van der Waals surface area contributed by atoms with Crippen LogP contribution in [0.4, 0.5) is 0 Å². The Morgan fingerprint density at radius 1 is 0.935 bits per heavy atom. The van der Waals surface area contributed by atoms with Crippen LogP contribution < -0.4 is 29.3 Å². The van der Waals surface area contributed by atoms with Crippen molar-refractivity contribution in [3.05, 3.63) is 53.1 Å². The standard InChI is InChI=1S/C24H33N3O4/c1-18-7-5-6-8-20(18)16-26-9-11-27(12-10-26)17-23(28)25-15-19-13-21(29-2)24(31-4)22(14-19)30-3/h5-8,13-14H,9-12,15-17H2,1-4H3,(H,25,28)/p+2. The molecule has 7 nitrogen and oxygen atoms in total. The van der Waals surface area contributed by atoms with Gasteiger partial charge in [0.2, 0.25) is 5.75 Å². The number of hydrogen-bond donors (Lipinski definition) is 3. The van der Waals surface area contributed by atoms with Crippen LogP contribution in [0.25, 0.3) is 0 Å². The third kappa shape index (κ3) is 6.12. The van der Waals surface area contributed by atoms with Crippen molar-refractivity contribution in [3.63, 3.8) is 0 Å². The van der Waals surface area contributed by atoms with Crippen molar-refractivity contribution < 1.29 is 28.8 Å². The highest BCUT2D eigenvalue weighted by Crippen LogP contribution is 2.38. The Hall–Kier alpha value is -2.77. The molecule has 168 valence electrons. The smallest absolute Gasteiger partial charge is 0.275 e. The van der Waals surface area contributed by atoms with Crippen LogP contribution in [0, 0.1) is 6.92 Å². The predicted octanol–water partition coefficient (Wildman–Crippen LogP) is -0.379. The minimum Gasteiger partial charge on any atom is -0.493 e. The lowest BCUT2D eigenvalue weighted by Gasteiger charge is -2.29. The maximum absolute atomic E-state index is 12.5. The van der Waals surface area contributed by atoms with Crippen LogP contribution in [0.3, 0.4) is 0 Å². The molecule has 1 fully saturated rings. The minimum absolute atomic E-state index is 0.0612. The molecular weight excluding hydrogens is 394 g/mol. The first-order chi connectivity index (χ1) is 15.0. The van der Waals surface area contributed by atoms with Gasteiger partial charge in [0.25, 0.3) is 5.91 Å². The zero-order chi connectivity index (χ0) is 22.2. The Balaban J connectivity index is 1.46. The number of hydrogen-bond acceptors (Lipinski definition) is 4. The van der Waals surface area contributed by atoms with Crippen LogP contribution in [0.2, 0.25) is 0 Å². The molecule has 1 amide bonds. The third-order valence-electron chi connectivity index (χ3n) is 5.99. The average Bonchev–Trinajstić information content (AvgIpc) is 2.79. The maximum Gasteiger partial charge on any atom is 0.275 e. The lowest BCUT2D eigenvalue weighted by Crippen LogP contribution is -3.28. The Labute approximate surface area is 184 Å². The quantitative estimate of drug-likeness (QED) is 0.509. The van der Waals surface area contributed by atoms with E-state index in [4.69, 9.17) is 14.2 Å². The molecule has 0 radical (unpaired) electrons. The van der Waals surface area contributed by atoms with E-state index in [1.807, 2.05) is 12.1 Å². The van der Waals surface area contributed by atoms with E-state index in [1.165, 1.54) is 16.0 Å².